The van der Waals surface area contributed by atoms with Crippen LogP contribution in [-0.4, -0.2) is 9.55 Å². The van der Waals surface area contributed by atoms with Crippen LogP contribution in [0.4, 0.5) is 13.2 Å². The van der Waals surface area contributed by atoms with Gasteiger partial charge in [-0.1, -0.05) is 30.3 Å². The molecule has 1 heterocycles. The van der Waals surface area contributed by atoms with Gasteiger partial charge in [0.15, 0.2) is 11.6 Å². The van der Waals surface area contributed by atoms with Crippen molar-refractivity contribution in [3.8, 4) is 5.69 Å². The van der Waals surface area contributed by atoms with E-state index < -0.39 is 17.5 Å². The molecule has 0 amide bonds. The highest BCUT2D eigenvalue weighted by Gasteiger charge is 2.11. The number of fused-ring (bicyclic) bond motifs is 1. The van der Waals surface area contributed by atoms with E-state index in [0.717, 1.165) is 12.1 Å². The zero-order valence-corrected chi connectivity index (χ0v) is 14.4. The van der Waals surface area contributed by atoms with Gasteiger partial charge < -0.3 is 0 Å². The first-order chi connectivity index (χ1) is 13.5. The molecule has 3 aromatic carbocycles. The Bertz CT molecular complexity index is 1280. The highest BCUT2D eigenvalue weighted by Crippen LogP contribution is 2.17. The van der Waals surface area contributed by atoms with Crippen LogP contribution in [0.2, 0.25) is 0 Å². The van der Waals surface area contributed by atoms with Crippen LogP contribution in [0.15, 0.2) is 71.5 Å². The zero-order valence-electron chi connectivity index (χ0n) is 14.4. The highest BCUT2D eigenvalue weighted by atomic mass is 19.2. The predicted octanol–water partition coefficient (Wildman–Crippen LogP) is 4.97. The quantitative estimate of drug-likeness (QED) is 0.504. The topological polar surface area (TPSA) is 34.9 Å². The van der Waals surface area contributed by atoms with Gasteiger partial charge in [0.25, 0.3) is 5.56 Å². The van der Waals surface area contributed by atoms with Gasteiger partial charge in [-0.05, 0) is 54.1 Å². The van der Waals surface area contributed by atoms with Crippen molar-refractivity contribution in [2.24, 2.45) is 0 Å². The molecule has 0 saturated carbocycles. The number of para-hydroxylation sites is 1. The number of aromatic nitrogens is 2. The van der Waals surface area contributed by atoms with Crippen molar-refractivity contribution >= 4 is 23.1 Å². The Morgan fingerprint density at radius 1 is 0.821 bits per heavy atom. The Kier molecular flexibility index (Phi) is 4.53. The van der Waals surface area contributed by atoms with E-state index in [1.165, 1.54) is 41.0 Å². The average molecular weight is 378 g/mol. The Morgan fingerprint density at radius 2 is 1.64 bits per heavy atom. The SMILES string of the molecule is O=c1c2ccccc2nc(/C=C\c2ccc(F)c(F)c2)n1-c1cccc(F)c1. The van der Waals surface area contributed by atoms with Crippen LogP contribution in [0.3, 0.4) is 0 Å². The van der Waals surface area contributed by atoms with Crippen LogP contribution >= 0.6 is 0 Å². The molecule has 138 valence electrons. The lowest BCUT2D eigenvalue weighted by Crippen LogP contribution is -2.22. The monoisotopic (exact) mass is 378 g/mol. The summed E-state index contributed by atoms with van der Waals surface area (Å²) in [5, 5.41) is 0.386. The number of rotatable bonds is 3. The number of nitrogens with zero attached hydrogens (tertiary/aromatic N) is 2. The summed E-state index contributed by atoms with van der Waals surface area (Å²) in [7, 11) is 0. The summed E-state index contributed by atoms with van der Waals surface area (Å²) in [5.74, 6) is -2.18. The van der Waals surface area contributed by atoms with E-state index in [4.69, 9.17) is 0 Å². The van der Waals surface area contributed by atoms with Crippen molar-refractivity contribution < 1.29 is 13.2 Å². The smallest absolute Gasteiger partial charge is 0.266 e. The maximum absolute atomic E-state index is 13.7. The summed E-state index contributed by atoms with van der Waals surface area (Å²) in [6.45, 7) is 0. The third-order valence-corrected chi connectivity index (χ3v) is 4.24. The minimum atomic E-state index is -0.976. The molecule has 0 unspecified atom stereocenters. The molecule has 6 heteroatoms. The van der Waals surface area contributed by atoms with Crippen LogP contribution in [0.1, 0.15) is 11.4 Å². The van der Waals surface area contributed by atoms with E-state index >= 15 is 0 Å². The molecular formula is C22H13F3N2O. The highest BCUT2D eigenvalue weighted by molar-refractivity contribution is 5.80. The van der Waals surface area contributed by atoms with Crippen molar-refractivity contribution in [1.82, 2.24) is 9.55 Å². The van der Waals surface area contributed by atoms with E-state index in [2.05, 4.69) is 4.98 Å². The molecule has 1 aromatic heterocycles. The second-order valence-electron chi connectivity index (χ2n) is 6.11. The number of hydrogen-bond acceptors (Lipinski definition) is 2. The third kappa shape index (κ3) is 3.32. The fourth-order valence-corrected chi connectivity index (χ4v) is 2.91. The fourth-order valence-electron chi connectivity index (χ4n) is 2.91. The third-order valence-electron chi connectivity index (χ3n) is 4.24. The lowest BCUT2D eigenvalue weighted by atomic mass is 10.2. The van der Waals surface area contributed by atoms with Crippen molar-refractivity contribution in [3.05, 3.63) is 106 Å². The van der Waals surface area contributed by atoms with E-state index in [9.17, 15) is 18.0 Å². The average Bonchev–Trinajstić information content (AvgIpc) is 2.69. The standard InChI is InChI=1S/C22H13F3N2O/c23-15-4-3-5-16(13-15)27-21(11-9-14-8-10-18(24)19(25)12-14)26-20-7-2-1-6-17(20)22(27)28/h1-13H/b11-9-. The van der Waals surface area contributed by atoms with Gasteiger partial charge in [0, 0.05) is 0 Å². The van der Waals surface area contributed by atoms with Gasteiger partial charge in [0.1, 0.15) is 11.6 Å². The summed E-state index contributed by atoms with van der Waals surface area (Å²) in [6, 6.07) is 15.9. The first-order valence-corrected chi connectivity index (χ1v) is 8.44. The summed E-state index contributed by atoms with van der Waals surface area (Å²) >= 11 is 0. The fraction of sp³-hybridized carbons (Fsp3) is 0. The number of benzene rings is 3. The Balaban J connectivity index is 1.93. The summed E-state index contributed by atoms with van der Waals surface area (Å²) in [5.41, 5.74) is 0.825. The van der Waals surface area contributed by atoms with E-state index in [1.54, 1.807) is 30.3 Å². The molecule has 4 aromatic rings. The van der Waals surface area contributed by atoms with E-state index in [0.29, 0.717) is 22.2 Å². The predicted molar refractivity (Wildman–Crippen MR) is 103 cm³/mol. The van der Waals surface area contributed by atoms with E-state index in [1.807, 2.05) is 0 Å². The lowest BCUT2D eigenvalue weighted by Gasteiger charge is -2.11. The maximum atomic E-state index is 13.7. The van der Waals surface area contributed by atoms with Gasteiger partial charge >= 0.3 is 0 Å². The summed E-state index contributed by atoms with van der Waals surface area (Å²) in [4.78, 5) is 17.5. The maximum Gasteiger partial charge on any atom is 0.266 e. The van der Waals surface area contributed by atoms with Crippen molar-refractivity contribution in [1.29, 1.82) is 0 Å². The van der Waals surface area contributed by atoms with Crippen molar-refractivity contribution in [2.45, 2.75) is 0 Å². The molecule has 0 atom stereocenters. The molecule has 0 aliphatic rings. The zero-order chi connectivity index (χ0) is 19.7. The van der Waals surface area contributed by atoms with Gasteiger partial charge in [-0.2, -0.15) is 0 Å². The Hall–Kier alpha value is -3.67. The number of hydrogen-bond donors (Lipinski definition) is 0. The summed E-state index contributed by atoms with van der Waals surface area (Å²) < 4.78 is 41.6. The molecular weight excluding hydrogens is 365 g/mol. The largest absolute Gasteiger partial charge is 0.268 e. The van der Waals surface area contributed by atoms with Crippen LogP contribution in [0.25, 0.3) is 28.7 Å². The normalized spacial score (nSPS) is 11.4. The molecule has 0 saturated heterocycles. The van der Waals surface area contributed by atoms with Crippen LogP contribution in [0, 0.1) is 17.5 Å². The van der Waals surface area contributed by atoms with Crippen LogP contribution in [0.5, 0.6) is 0 Å². The lowest BCUT2D eigenvalue weighted by molar-refractivity contribution is 0.508. The molecule has 0 radical (unpaired) electrons. The van der Waals surface area contributed by atoms with Crippen molar-refractivity contribution in [2.75, 3.05) is 0 Å². The molecule has 0 N–H and O–H groups in total. The van der Waals surface area contributed by atoms with Gasteiger partial charge in [0.05, 0.1) is 16.6 Å². The van der Waals surface area contributed by atoms with Crippen LogP contribution in [-0.2, 0) is 0 Å². The van der Waals surface area contributed by atoms with Crippen LogP contribution < -0.4 is 5.56 Å². The van der Waals surface area contributed by atoms with Crippen molar-refractivity contribution in [3.63, 3.8) is 0 Å². The van der Waals surface area contributed by atoms with E-state index in [-0.39, 0.29) is 11.4 Å². The first kappa shape index (κ1) is 17.7. The second kappa shape index (κ2) is 7.15. The molecule has 4 rings (SSSR count). The van der Waals surface area contributed by atoms with Gasteiger partial charge in [-0.25, -0.2) is 18.2 Å². The molecule has 0 spiro atoms. The second-order valence-corrected chi connectivity index (χ2v) is 6.11. The minimum Gasteiger partial charge on any atom is -0.268 e. The number of halogens is 3. The summed E-state index contributed by atoms with van der Waals surface area (Å²) in [6.07, 6.45) is 3.01. The Labute approximate surface area is 158 Å². The van der Waals surface area contributed by atoms with Gasteiger partial charge in [-0.3, -0.25) is 9.36 Å². The van der Waals surface area contributed by atoms with Gasteiger partial charge in [-0.15, -0.1) is 0 Å². The molecule has 3 nitrogen and oxygen atoms in total. The molecule has 0 fully saturated rings. The Morgan fingerprint density at radius 3 is 2.43 bits per heavy atom. The molecule has 0 aliphatic carbocycles. The first-order valence-electron chi connectivity index (χ1n) is 8.44. The molecule has 28 heavy (non-hydrogen) atoms. The molecule has 0 bridgehead atoms. The van der Waals surface area contributed by atoms with Gasteiger partial charge in [0.2, 0.25) is 0 Å². The molecule has 0 aliphatic heterocycles. The minimum absolute atomic E-state index is 0.235.